The topological polar surface area (TPSA) is 34.6 Å². The summed E-state index contributed by atoms with van der Waals surface area (Å²) in [5.74, 6) is 1.09. The first-order valence-electron chi connectivity index (χ1n) is 9.55. The van der Waals surface area contributed by atoms with Gasteiger partial charge in [-0.25, -0.2) is 9.55 Å². The van der Waals surface area contributed by atoms with Gasteiger partial charge in [0, 0.05) is 30.1 Å². The minimum Gasteiger partial charge on any atom is -0.295 e. The Balaban J connectivity index is 1.82. The van der Waals surface area contributed by atoms with Crippen LogP contribution in [0.5, 0.6) is 0 Å². The van der Waals surface area contributed by atoms with Crippen LogP contribution in [0.4, 0.5) is 0 Å². The molecule has 3 aromatic heterocycles. The van der Waals surface area contributed by atoms with Crippen molar-refractivity contribution in [2.24, 2.45) is 7.05 Å². The molecule has 0 amide bonds. The third kappa shape index (κ3) is 1.92. The van der Waals surface area contributed by atoms with Crippen molar-refractivity contribution in [3.05, 3.63) is 84.1 Å². The van der Waals surface area contributed by atoms with Gasteiger partial charge in [0.25, 0.3) is 0 Å². The number of fused-ring (bicyclic) bond motifs is 7. The molecule has 0 saturated carbocycles. The van der Waals surface area contributed by atoms with Crippen molar-refractivity contribution < 1.29 is 4.57 Å². The van der Waals surface area contributed by atoms with Crippen LogP contribution >= 0.6 is 0 Å². The number of hydrogen-bond donors (Lipinski definition) is 0. The Morgan fingerprint density at radius 1 is 1.00 bits per heavy atom. The second kappa shape index (κ2) is 5.49. The molecule has 4 heterocycles. The lowest BCUT2D eigenvalue weighted by molar-refractivity contribution is -0.660. The number of pyridine rings is 2. The van der Waals surface area contributed by atoms with E-state index in [4.69, 9.17) is 4.98 Å². The summed E-state index contributed by atoms with van der Waals surface area (Å²) >= 11 is 0. The van der Waals surface area contributed by atoms with Crippen LogP contribution in [-0.4, -0.2) is 14.5 Å². The third-order valence-corrected chi connectivity index (χ3v) is 5.94. The zero-order valence-corrected chi connectivity index (χ0v) is 15.8. The molecule has 0 bridgehead atoms. The van der Waals surface area contributed by atoms with E-state index in [1.807, 2.05) is 12.4 Å². The lowest BCUT2D eigenvalue weighted by Crippen LogP contribution is -2.30. The highest BCUT2D eigenvalue weighted by Gasteiger charge is 2.31. The molecule has 6 rings (SSSR count). The van der Waals surface area contributed by atoms with Gasteiger partial charge in [-0.15, -0.1) is 0 Å². The second-order valence-corrected chi connectivity index (χ2v) is 7.47. The van der Waals surface area contributed by atoms with Crippen molar-refractivity contribution in [3.8, 4) is 16.9 Å². The number of nitrogens with zero attached hydrogens (tertiary/aromatic N) is 4. The lowest BCUT2D eigenvalue weighted by atomic mass is 9.90. The van der Waals surface area contributed by atoms with Crippen molar-refractivity contribution in [1.82, 2.24) is 14.5 Å². The van der Waals surface area contributed by atoms with Gasteiger partial charge >= 0.3 is 0 Å². The molecule has 0 atom stereocenters. The van der Waals surface area contributed by atoms with Gasteiger partial charge in [0.05, 0.1) is 23.0 Å². The summed E-state index contributed by atoms with van der Waals surface area (Å²) in [7, 11) is 2.12. The van der Waals surface area contributed by atoms with Gasteiger partial charge in [0.2, 0.25) is 5.69 Å². The summed E-state index contributed by atoms with van der Waals surface area (Å²) in [6.07, 6.45) is 6.66. The van der Waals surface area contributed by atoms with Crippen molar-refractivity contribution in [2.45, 2.75) is 13.3 Å². The number of imidazole rings is 1. The van der Waals surface area contributed by atoms with Gasteiger partial charge in [0.15, 0.2) is 6.20 Å². The molecule has 0 radical (unpaired) electrons. The maximum atomic E-state index is 4.90. The third-order valence-electron chi connectivity index (χ3n) is 5.94. The summed E-state index contributed by atoms with van der Waals surface area (Å²) in [6.45, 7) is 2.24. The zero-order chi connectivity index (χ0) is 18.8. The highest BCUT2D eigenvalue weighted by molar-refractivity contribution is 6.02. The van der Waals surface area contributed by atoms with E-state index in [1.165, 1.54) is 38.8 Å². The van der Waals surface area contributed by atoms with E-state index in [9.17, 15) is 0 Å². The molecule has 4 nitrogen and oxygen atoms in total. The second-order valence-electron chi connectivity index (χ2n) is 7.47. The van der Waals surface area contributed by atoms with E-state index < -0.39 is 0 Å². The summed E-state index contributed by atoms with van der Waals surface area (Å²) in [5, 5.41) is 2.58. The van der Waals surface area contributed by atoms with Crippen molar-refractivity contribution in [2.75, 3.05) is 0 Å². The van der Waals surface area contributed by atoms with Crippen LogP contribution in [0, 0.1) is 6.92 Å². The van der Waals surface area contributed by atoms with Gasteiger partial charge in [-0.2, -0.15) is 0 Å². The average molecular weight is 363 g/mol. The summed E-state index contributed by atoms with van der Waals surface area (Å²) in [4.78, 5) is 9.15. The van der Waals surface area contributed by atoms with Gasteiger partial charge < -0.3 is 0 Å². The molecule has 134 valence electrons. The van der Waals surface area contributed by atoms with E-state index in [1.54, 1.807) is 0 Å². The SMILES string of the molecule is Cc1c(-c2cccc[n+]2C)c2c(c3ccccc13)-n1c(nc3cnccc31)C2. The molecule has 0 spiro atoms. The Kier molecular flexibility index (Phi) is 3.04. The van der Waals surface area contributed by atoms with E-state index in [2.05, 4.69) is 82.8 Å². The Morgan fingerprint density at radius 2 is 1.82 bits per heavy atom. The van der Waals surface area contributed by atoms with Crippen molar-refractivity contribution in [3.63, 3.8) is 0 Å². The highest BCUT2D eigenvalue weighted by Crippen LogP contribution is 2.43. The minimum absolute atomic E-state index is 0.833. The predicted octanol–water partition coefficient (Wildman–Crippen LogP) is 4.28. The van der Waals surface area contributed by atoms with Crippen molar-refractivity contribution >= 4 is 21.8 Å². The fraction of sp³-hybridized carbons (Fsp3) is 0.125. The molecule has 0 N–H and O–H groups in total. The monoisotopic (exact) mass is 363 g/mol. The van der Waals surface area contributed by atoms with Crippen LogP contribution in [0.15, 0.2) is 67.1 Å². The highest BCUT2D eigenvalue weighted by atomic mass is 15.1. The van der Waals surface area contributed by atoms with Crippen LogP contribution in [0.2, 0.25) is 0 Å². The molecule has 5 aromatic rings. The molecule has 0 unspecified atom stereocenters. The summed E-state index contributed by atoms with van der Waals surface area (Å²) in [5.41, 5.74) is 8.60. The average Bonchev–Trinajstić information content (AvgIpc) is 3.25. The Bertz CT molecular complexity index is 1410. The van der Waals surface area contributed by atoms with Crippen LogP contribution < -0.4 is 4.57 Å². The zero-order valence-electron chi connectivity index (χ0n) is 15.8. The Labute approximate surface area is 162 Å². The Hall–Kier alpha value is -3.53. The van der Waals surface area contributed by atoms with Gasteiger partial charge in [-0.3, -0.25) is 9.55 Å². The van der Waals surface area contributed by atoms with Gasteiger partial charge in [-0.05, 0) is 35.6 Å². The minimum atomic E-state index is 0.833. The van der Waals surface area contributed by atoms with Crippen LogP contribution in [0.3, 0.4) is 0 Å². The van der Waals surface area contributed by atoms with Crippen LogP contribution in [0.25, 0.3) is 38.8 Å². The van der Waals surface area contributed by atoms with E-state index in [0.717, 1.165) is 23.3 Å². The molecule has 2 aromatic carbocycles. The number of aromatic nitrogens is 4. The maximum absolute atomic E-state index is 4.90. The Morgan fingerprint density at radius 3 is 2.68 bits per heavy atom. The number of aryl methyl sites for hydroxylation is 2. The normalized spacial score (nSPS) is 12.5. The summed E-state index contributed by atoms with van der Waals surface area (Å²) in [6, 6.07) is 17.2. The first-order valence-corrected chi connectivity index (χ1v) is 9.55. The van der Waals surface area contributed by atoms with E-state index in [-0.39, 0.29) is 0 Å². The van der Waals surface area contributed by atoms with E-state index >= 15 is 0 Å². The van der Waals surface area contributed by atoms with Gasteiger partial charge in [-0.1, -0.05) is 24.3 Å². The predicted molar refractivity (Wildman–Crippen MR) is 111 cm³/mol. The van der Waals surface area contributed by atoms with E-state index in [0.29, 0.717) is 0 Å². The molecule has 0 aliphatic carbocycles. The molecular weight excluding hydrogens is 344 g/mol. The van der Waals surface area contributed by atoms with Crippen molar-refractivity contribution in [1.29, 1.82) is 0 Å². The first kappa shape index (κ1) is 15.5. The van der Waals surface area contributed by atoms with Crippen LogP contribution in [0.1, 0.15) is 17.0 Å². The standard InChI is InChI=1S/C24H19N4/c1-15-16-7-3-4-8-17(16)24-18(23(15)21-9-5-6-12-27(21)2)13-22-26-19-14-25-11-10-20(19)28(22)24/h3-12,14H,13H2,1-2H3/q+1. The molecular formula is C24H19N4+. The molecule has 0 saturated heterocycles. The smallest absolute Gasteiger partial charge is 0.212 e. The molecule has 28 heavy (non-hydrogen) atoms. The lowest BCUT2D eigenvalue weighted by Gasteiger charge is -2.16. The number of rotatable bonds is 1. The maximum Gasteiger partial charge on any atom is 0.212 e. The van der Waals surface area contributed by atoms with Crippen LogP contribution in [-0.2, 0) is 13.5 Å². The first-order chi connectivity index (χ1) is 13.7. The molecule has 1 aliphatic heterocycles. The fourth-order valence-corrected chi connectivity index (χ4v) is 4.72. The number of benzene rings is 2. The summed E-state index contributed by atoms with van der Waals surface area (Å²) < 4.78 is 4.54. The quantitative estimate of drug-likeness (QED) is 0.409. The molecule has 0 fully saturated rings. The number of hydrogen-bond acceptors (Lipinski definition) is 2. The largest absolute Gasteiger partial charge is 0.295 e. The fourth-order valence-electron chi connectivity index (χ4n) is 4.72. The van der Waals surface area contributed by atoms with Gasteiger partial charge in [0.1, 0.15) is 18.4 Å². The molecule has 4 heteroatoms. The molecule has 1 aliphatic rings.